The fourth-order valence-corrected chi connectivity index (χ4v) is 2.49. The molecule has 1 amide bonds. The van der Waals surface area contributed by atoms with Gasteiger partial charge in [0.05, 0.1) is 12.2 Å². The van der Waals surface area contributed by atoms with Crippen molar-refractivity contribution in [3.63, 3.8) is 0 Å². The van der Waals surface area contributed by atoms with Gasteiger partial charge in [-0.1, -0.05) is 27.7 Å². The molecule has 100 valence electrons. The van der Waals surface area contributed by atoms with Gasteiger partial charge in [-0.25, -0.2) is 0 Å². The molecule has 3 heteroatoms. The van der Waals surface area contributed by atoms with Crippen molar-refractivity contribution in [3.05, 3.63) is 0 Å². The molecule has 1 rings (SSSR count). The SMILES string of the molecule is CC(C)CCC(C)N1C(=O)C(C)NC1C(C)C. The average molecular weight is 240 g/mol. The van der Waals surface area contributed by atoms with Crippen LogP contribution in [0.4, 0.5) is 0 Å². The van der Waals surface area contributed by atoms with Crippen molar-refractivity contribution in [2.24, 2.45) is 11.8 Å². The van der Waals surface area contributed by atoms with Gasteiger partial charge < -0.3 is 4.90 Å². The van der Waals surface area contributed by atoms with Gasteiger partial charge in [0.25, 0.3) is 0 Å². The van der Waals surface area contributed by atoms with Gasteiger partial charge in [-0.05, 0) is 38.5 Å². The summed E-state index contributed by atoms with van der Waals surface area (Å²) in [6.45, 7) is 13.0. The van der Waals surface area contributed by atoms with Crippen LogP contribution in [0.15, 0.2) is 0 Å². The monoisotopic (exact) mass is 240 g/mol. The minimum atomic E-state index is -0.0242. The van der Waals surface area contributed by atoms with Crippen LogP contribution in [0.2, 0.25) is 0 Å². The molecule has 17 heavy (non-hydrogen) atoms. The Hall–Kier alpha value is -0.570. The lowest BCUT2D eigenvalue weighted by Crippen LogP contribution is -2.46. The summed E-state index contributed by atoms with van der Waals surface area (Å²) < 4.78 is 0. The maximum absolute atomic E-state index is 12.2. The second-order valence-corrected chi connectivity index (χ2v) is 6.14. The second-order valence-electron chi connectivity index (χ2n) is 6.14. The molecule has 3 atom stereocenters. The summed E-state index contributed by atoms with van der Waals surface area (Å²) >= 11 is 0. The first-order valence-electron chi connectivity index (χ1n) is 6.92. The van der Waals surface area contributed by atoms with Crippen molar-refractivity contribution in [1.82, 2.24) is 10.2 Å². The third-order valence-corrected chi connectivity index (χ3v) is 3.61. The number of carbonyl (C=O) groups is 1. The highest BCUT2D eigenvalue weighted by molar-refractivity contribution is 5.84. The summed E-state index contributed by atoms with van der Waals surface area (Å²) in [7, 11) is 0. The van der Waals surface area contributed by atoms with Crippen molar-refractivity contribution < 1.29 is 4.79 Å². The fourth-order valence-electron chi connectivity index (χ4n) is 2.49. The largest absolute Gasteiger partial charge is 0.323 e. The molecule has 0 saturated carbocycles. The smallest absolute Gasteiger partial charge is 0.240 e. The topological polar surface area (TPSA) is 32.3 Å². The molecule has 1 heterocycles. The number of hydrogen-bond acceptors (Lipinski definition) is 2. The molecule has 1 saturated heterocycles. The van der Waals surface area contributed by atoms with Gasteiger partial charge in [-0.15, -0.1) is 0 Å². The average Bonchev–Trinajstić information content (AvgIpc) is 2.52. The Morgan fingerprint density at radius 1 is 1.18 bits per heavy atom. The first-order chi connectivity index (χ1) is 7.84. The van der Waals surface area contributed by atoms with E-state index in [1.165, 1.54) is 6.42 Å². The Labute approximate surface area is 106 Å². The number of hydrogen-bond donors (Lipinski definition) is 1. The van der Waals surface area contributed by atoms with E-state index in [1.807, 2.05) is 6.92 Å². The minimum absolute atomic E-state index is 0.0242. The van der Waals surface area contributed by atoms with E-state index in [2.05, 4.69) is 44.8 Å². The van der Waals surface area contributed by atoms with E-state index in [9.17, 15) is 4.79 Å². The van der Waals surface area contributed by atoms with E-state index in [0.29, 0.717) is 17.9 Å². The van der Waals surface area contributed by atoms with Gasteiger partial charge in [0.2, 0.25) is 5.91 Å². The number of nitrogens with zero attached hydrogens (tertiary/aromatic N) is 1. The number of nitrogens with one attached hydrogen (secondary N) is 1. The number of rotatable bonds is 5. The molecule has 3 unspecified atom stereocenters. The van der Waals surface area contributed by atoms with Gasteiger partial charge in [0.15, 0.2) is 0 Å². The highest BCUT2D eigenvalue weighted by Gasteiger charge is 2.39. The molecule has 1 fully saturated rings. The molecule has 0 spiro atoms. The molecule has 0 aromatic rings. The molecule has 0 bridgehead atoms. The predicted octanol–water partition coefficient (Wildman–Crippen LogP) is 2.61. The van der Waals surface area contributed by atoms with Gasteiger partial charge in [-0.2, -0.15) is 0 Å². The van der Waals surface area contributed by atoms with Gasteiger partial charge >= 0.3 is 0 Å². The Balaban J connectivity index is 2.67. The summed E-state index contributed by atoms with van der Waals surface area (Å²) in [4.78, 5) is 14.2. The first-order valence-corrected chi connectivity index (χ1v) is 6.92. The fraction of sp³-hybridized carbons (Fsp3) is 0.929. The summed E-state index contributed by atoms with van der Waals surface area (Å²) in [5.41, 5.74) is 0. The molecule has 3 nitrogen and oxygen atoms in total. The molecular formula is C14H28N2O. The van der Waals surface area contributed by atoms with E-state index in [-0.39, 0.29) is 18.1 Å². The van der Waals surface area contributed by atoms with Crippen LogP contribution >= 0.6 is 0 Å². The van der Waals surface area contributed by atoms with E-state index < -0.39 is 0 Å². The van der Waals surface area contributed by atoms with Gasteiger partial charge in [0, 0.05) is 6.04 Å². The van der Waals surface area contributed by atoms with Crippen molar-refractivity contribution in [2.75, 3.05) is 0 Å². The lowest BCUT2D eigenvalue weighted by atomic mass is 10.0. The molecule has 0 aromatic heterocycles. The van der Waals surface area contributed by atoms with Crippen LogP contribution < -0.4 is 5.32 Å². The van der Waals surface area contributed by atoms with Gasteiger partial charge in [0.1, 0.15) is 0 Å². The van der Waals surface area contributed by atoms with Crippen LogP contribution in [0.3, 0.4) is 0 Å². The van der Waals surface area contributed by atoms with E-state index in [1.54, 1.807) is 0 Å². The highest BCUT2D eigenvalue weighted by Crippen LogP contribution is 2.23. The van der Waals surface area contributed by atoms with Crippen LogP contribution in [-0.2, 0) is 4.79 Å². The molecule has 0 radical (unpaired) electrons. The van der Waals surface area contributed by atoms with E-state index in [0.717, 1.165) is 6.42 Å². The third kappa shape index (κ3) is 3.44. The first kappa shape index (κ1) is 14.5. The zero-order valence-corrected chi connectivity index (χ0v) is 12.2. The minimum Gasteiger partial charge on any atom is -0.323 e. The number of carbonyl (C=O) groups excluding carboxylic acids is 1. The maximum Gasteiger partial charge on any atom is 0.240 e. The molecule has 1 aliphatic rings. The summed E-state index contributed by atoms with van der Waals surface area (Å²) in [5.74, 6) is 1.43. The quantitative estimate of drug-likeness (QED) is 0.801. The van der Waals surface area contributed by atoms with Crippen LogP contribution in [0.1, 0.15) is 54.4 Å². The molecule has 0 aliphatic carbocycles. The predicted molar refractivity (Wildman–Crippen MR) is 71.6 cm³/mol. The lowest BCUT2D eigenvalue weighted by Gasteiger charge is -2.33. The van der Waals surface area contributed by atoms with Crippen molar-refractivity contribution >= 4 is 5.91 Å². The molecule has 1 N–H and O–H groups in total. The zero-order valence-electron chi connectivity index (χ0n) is 12.2. The number of amides is 1. The van der Waals surface area contributed by atoms with Crippen molar-refractivity contribution in [2.45, 2.75) is 72.6 Å². The second kappa shape index (κ2) is 5.85. The van der Waals surface area contributed by atoms with Crippen LogP contribution in [0.25, 0.3) is 0 Å². The molecular weight excluding hydrogens is 212 g/mol. The third-order valence-electron chi connectivity index (χ3n) is 3.61. The zero-order chi connectivity index (χ0) is 13.2. The van der Waals surface area contributed by atoms with Crippen LogP contribution in [0.5, 0.6) is 0 Å². The van der Waals surface area contributed by atoms with Gasteiger partial charge in [-0.3, -0.25) is 10.1 Å². The Bertz CT molecular complexity index is 263. The molecule has 1 aliphatic heterocycles. The normalized spacial score (nSPS) is 27.3. The molecule has 0 aromatic carbocycles. The Kier molecular flexibility index (Phi) is 4.99. The maximum atomic E-state index is 12.2. The Morgan fingerprint density at radius 2 is 1.76 bits per heavy atom. The van der Waals surface area contributed by atoms with E-state index in [4.69, 9.17) is 0 Å². The summed E-state index contributed by atoms with van der Waals surface area (Å²) in [6.07, 6.45) is 2.49. The van der Waals surface area contributed by atoms with Crippen LogP contribution in [0, 0.1) is 11.8 Å². The van der Waals surface area contributed by atoms with E-state index >= 15 is 0 Å². The Morgan fingerprint density at radius 3 is 2.24 bits per heavy atom. The summed E-state index contributed by atoms with van der Waals surface area (Å²) in [5, 5.41) is 3.40. The summed E-state index contributed by atoms with van der Waals surface area (Å²) in [6, 6.07) is 0.318. The standard InChI is InChI=1S/C14H28N2O/c1-9(2)7-8-11(5)16-13(10(3)4)15-12(6)14(16)17/h9-13,15H,7-8H2,1-6H3. The van der Waals surface area contributed by atoms with Crippen molar-refractivity contribution in [1.29, 1.82) is 0 Å². The lowest BCUT2D eigenvalue weighted by molar-refractivity contribution is -0.132. The van der Waals surface area contributed by atoms with Crippen LogP contribution in [-0.4, -0.2) is 29.1 Å². The van der Waals surface area contributed by atoms with Crippen molar-refractivity contribution in [3.8, 4) is 0 Å². The highest BCUT2D eigenvalue weighted by atomic mass is 16.2.